The molecule has 0 bridgehead atoms. The third-order valence-corrected chi connectivity index (χ3v) is 3.70. The molecule has 3 rings (SSSR count). The SMILES string of the molecule is N#Cc1ccc2[nH]c(=S)n(C3CCOCC3)c2c1. The van der Waals surface area contributed by atoms with Gasteiger partial charge in [0.15, 0.2) is 4.77 Å². The highest BCUT2D eigenvalue weighted by molar-refractivity contribution is 7.71. The number of benzene rings is 1. The lowest BCUT2D eigenvalue weighted by atomic mass is 10.1. The Labute approximate surface area is 110 Å². The van der Waals surface area contributed by atoms with Crippen LogP contribution >= 0.6 is 12.2 Å². The van der Waals surface area contributed by atoms with Gasteiger partial charge in [-0.3, -0.25) is 0 Å². The summed E-state index contributed by atoms with van der Waals surface area (Å²) in [6, 6.07) is 8.17. The van der Waals surface area contributed by atoms with Gasteiger partial charge in [-0.05, 0) is 43.3 Å². The van der Waals surface area contributed by atoms with Gasteiger partial charge in [0.2, 0.25) is 0 Å². The van der Waals surface area contributed by atoms with Crippen LogP contribution in [0.25, 0.3) is 11.0 Å². The maximum atomic E-state index is 8.99. The quantitative estimate of drug-likeness (QED) is 0.801. The lowest BCUT2D eigenvalue weighted by Crippen LogP contribution is -2.19. The van der Waals surface area contributed by atoms with Gasteiger partial charge in [-0.1, -0.05) is 0 Å². The number of aromatic nitrogens is 2. The molecule has 5 heteroatoms. The van der Waals surface area contributed by atoms with Crippen molar-refractivity contribution in [2.45, 2.75) is 18.9 Å². The monoisotopic (exact) mass is 259 g/mol. The molecule has 0 radical (unpaired) electrons. The molecule has 1 fully saturated rings. The second kappa shape index (κ2) is 4.56. The van der Waals surface area contributed by atoms with Crippen molar-refractivity contribution in [2.24, 2.45) is 0 Å². The van der Waals surface area contributed by atoms with Gasteiger partial charge in [0.25, 0.3) is 0 Å². The second-order valence-corrected chi connectivity index (χ2v) is 4.87. The van der Waals surface area contributed by atoms with Crippen molar-refractivity contribution >= 4 is 23.3 Å². The molecule has 0 unspecified atom stereocenters. The molecule has 0 aliphatic carbocycles. The molecule has 2 heterocycles. The van der Waals surface area contributed by atoms with Gasteiger partial charge in [0, 0.05) is 19.3 Å². The minimum Gasteiger partial charge on any atom is -0.381 e. The summed E-state index contributed by atoms with van der Waals surface area (Å²) in [5.41, 5.74) is 2.67. The first-order chi connectivity index (χ1) is 8.79. The molecule has 2 aromatic rings. The molecule has 0 spiro atoms. The Hall–Kier alpha value is -1.64. The number of ether oxygens (including phenoxy) is 1. The molecule has 1 N–H and O–H groups in total. The molecular formula is C13H13N3OS. The van der Waals surface area contributed by atoms with Gasteiger partial charge in [-0.15, -0.1) is 0 Å². The van der Waals surface area contributed by atoms with Crippen LogP contribution in [0.4, 0.5) is 0 Å². The van der Waals surface area contributed by atoms with E-state index in [9.17, 15) is 0 Å². The number of imidazole rings is 1. The van der Waals surface area contributed by atoms with Crippen molar-refractivity contribution in [3.8, 4) is 6.07 Å². The summed E-state index contributed by atoms with van der Waals surface area (Å²) in [5.74, 6) is 0. The van der Waals surface area contributed by atoms with Crippen molar-refractivity contribution in [1.29, 1.82) is 5.26 Å². The lowest BCUT2D eigenvalue weighted by molar-refractivity contribution is 0.0702. The molecular weight excluding hydrogens is 246 g/mol. The van der Waals surface area contributed by atoms with Crippen LogP contribution in [-0.2, 0) is 4.74 Å². The van der Waals surface area contributed by atoms with Crippen molar-refractivity contribution in [1.82, 2.24) is 9.55 Å². The van der Waals surface area contributed by atoms with E-state index in [-0.39, 0.29) is 0 Å². The maximum Gasteiger partial charge on any atom is 0.178 e. The fourth-order valence-corrected chi connectivity index (χ4v) is 2.85. The molecule has 0 amide bonds. The number of fused-ring (bicyclic) bond motifs is 1. The first kappa shape index (κ1) is 11.5. The standard InChI is InChI=1S/C13H13N3OS/c14-8-9-1-2-11-12(7-9)16(13(18)15-11)10-3-5-17-6-4-10/h1-2,7,10H,3-6H2,(H,15,18). The first-order valence-corrected chi connectivity index (χ1v) is 6.42. The Kier molecular flexibility index (Phi) is 2.90. The highest BCUT2D eigenvalue weighted by atomic mass is 32.1. The van der Waals surface area contributed by atoms with Crippen molar-refractivity contribution in [2.75, 3.05) is 13.2 Å². The number of H-pyrrole nitrogens is 1. The highest BCUT2D eigenvalue weighted by Crippen LogP contribution is 2.26. The van der Waals surface area contributed by atoms with Crippen LogP contribution in [0, 0.1) is 16.1 Å². The van der Waals surface area contributed by atoms with E-state index in [1.807, 2.05) is 18.2 Å². The number of hydrogen-bond acceptors (Lipinski definition) is 3. The Morgan fingerprint density at radius 3 is 2.89 bits per heavy atom. The number of nitriles is 1. The maximum absolute atomic E-state index is 8.99. The van der Waals surface area contributed by atoms with Crippen LogP contribution < -0.4 is 0 Å². The normalized spacial score (nSPS) is 16.8. The van der Waals surface area contributed by atoms with E-state index < -0.39 is 0 Å². The van der Waals surface area contributed by atoms with Crippen molar-refractivity contribution in [3.63, 3.8) is 0 Å². The van der Waals surface area contributed by atoms with Crippen LogP contribution in [0.2, 0.25) is 0 Å². The van der Waals surface area contributed by atoms with Gasteiger partial charge in [0.1, 0.15) is 0 Å². The van der Waals surface area contributed by atoms with E-state index in [1.54, 1.807) is 0 Å². The zero-order valence-corrected chi connectivity index (χ0v) is 10.7. The van der Waals surface area contributed by atoms with E-state index in [1.165, 1.54) is 0 Å². The number of aromatic amines is 1. The summed E-state index contributed by atoms with van der Waals surface area (Å²) < 4.78 is 8.25. The number of rotatable bonds is 1. The Balaban J connectivity index is 2.17. The summed E-state index contributed by atoms with van der Waals surface area (Å²) in [5, 5.41) is 8.99. The fourth-order valence-electron chi connectivity index (χ4n) is 2.50. The van der Waals surface area contributed by atoms with Crippen LogP contribution in [-0.4, -0.2) is 22.8 Å². The molecule has 0 atom stereocenters. The summed E-state index contributed by atoms with van der Waals surface area (Å²) in [4.78, 5) is 3.20. The van der Waals surface area contributed by atoms with Crippen LogP contribution in [0.15, 0.2) is 18.2 Å². The van der Waals surface area contributed by atoms with Gasteiger partial charge in [-0.2, -0.15) is 5.26 Å². The zero-order valence-electron chi connectivity index (χ0n) is 9.85. The van der Waals surface area contributed by atoms with Gasteiger partial charge >= 0.3 is 0 Å². The number of nitrogens with zero attached hydrogens (tertiary/aromatic N) is 2. The molecule has 1 aromatic carbocycles. The summed E-state index contributed by atoms with van der Waals surface area (Å²) in [6.45, 7) is 1.55. The Bertz CT molecular complexity index is 674. The molecule has 1 aromatic heterocycles. The molecule has 1 saturated heterocycles. The lowest BCUT2D eigenvalue weighted by Gasteiger charge is -2.24. The largest absolute Gasteiger partial charge is 0.381 e. The van der Waals surface area contributed by atoms with E-state index in [0.717, 1.165) is 41.9 Å². The average molecular weight is 259 g/mol. The minimum absolute atomic E-state index is 0.369. The number of nitrogens with one attached hydrogen (secondary N) is 1. The molecule has 18 heavy (non-hydrogen) atoms. The zero-order chi connectivity index (χ0) is 12.5. The third kappa shape index (κ3) is 1.84. The topological polar surface area (TPSA) is 53.7 Å². The van der Waals surface area contributed by atoms with Crippen LogP contribution in [0.5, 0.6) is 0 Å². The summed E-state index contributed by atoms with van der Waals surface area (Å²) in [7, 11) is 0. The smallest absolute Gasteiger partial charge is 0.178 e. The molecule has 92 valence electrons. The minimum atomic E-state index is 0.369. The average Bonchev–Trinajstić information content (AvgIpc) is 2.74. The predicted molar refractivity (Wildman–Crippen MR) is 70.9 cm³/mol. The van der Waals surface area contributed by atoms with Crippen molar-refractivity contribution < 1.29 is 4.74 Å². The summed E-state index contributed by atoms with van der Waals surface area (Å²) in [6.07, 6.45) is 1.94. The molecule has 1 aliphatic rings. The highest BCUT2D eigenvalue weighted by Gasteiger charge is 2.18. The Morgan fingerprint density at radius 2 is 2.17 bits per heavy atom. The summed E-state index contributed by atoms with van der Waals surface area (Å²) >= 11 is 5.40. The van der Waals surface area contributed by atoms with E-state index in [0.29, 0.717) is 11.6 Å². The number of hydrogen-bond donors (Lipinski definition) is 1. The fraction of sp³-hybridized carbons (Fsp3) is 0.385. The van der Waals surface area contributed by atoms with E-state index >= 15 is 0 Å². The van der Waals surface area contributed by atoms with Gasteiger partial charge < -0.3 is 14.3 Å². The van der Waals surface area contributed by atoms with Crippen LogP contribution in [0.3, 0.4) is 0 Å². The van der Waals surface area contributed by atoms with Gasteiger partial charge in [0.05, 0.1) is 22.7 Å². The van der Waals surface area contributed by atoms with Gasteiger partial charge in [-0.25, -0.2) is 0 Å². The Morgan fingerprint density at radius 1 is 1.39 bits per heavy atom. The molecule has 1 aliphatic heterocycles. The second-order valence-electron chi connectivity index (χ2n) is 4.49. The van der Waals surface area contributed by atoms with E-state index in [4.69, 9.17) is 22.2 Å². The van der Waals surface area contributed by atoms with Crippen LogP contribution in [0.1, 0.15) is 24.4 Å². The molecule has 4 nitrogen and oxygen atoms in total. The predicted octanol–water partition coefficient (Wildman–Crippen LogP) is 2.92. The third-order valence-electron chi connectivity index (χ3n) is 3.40. The first-order valence-electron chi connectivity index (χ1n) is 6.02. The van der Waals surface area contributed by atoms with E-state index in [2.05, 4.69) is 15.6 Å². The van der Waals surface area contributed by atoms with Crippen molar-refractivity contribution in [3.05, 3.63) is 28.5 Å². The molecule has 0 saturated carbocycles.